The molecule has 0 aliphatic carbocycles. The van der Waals surface area contributed by atoms with Crippen molar-refractivity contribution in [1.29, 1.82) is 0 Å². The standard InChI is InChI=1S/C22H21NO2/c1-16-6-8-18(9-7-16)19-10-12-21(13-11-19)25-15-22(24)23-20-5-3-4-17(2)14-20/h3-14H,15H2,1-2H3,(H,23,24). The molecule has 3 aromatic rings. The molecule has 0 spiro atoms. The Hall–Kier alpha value is -3.07. The SMILES string of the molecule is Cc1ccc(-c2ccc(OCC(=O)Nc3cccc(C)c3)cc2)cc1. The van der Waals surface area contributed by atoms with Crippen LogP contribution in [-0.2, 0) is 4.79 Å². The first-order chi connectivity index (χ1) is 12.1. The molecule has 3 nitrogen and oxygen atoms in total. The van der Waals surface area contributed by atoms with Crippen LogP contribution in [0.2, 0.25) is 0 Å². The molecule has 3 aromatic carbocycles. The lowest BCUT2D eigenvalue weighted by molar-refractivity contribution is -0.118. The summed E-state index contributed by atoms with van der Waals surface area (Å²) >= 11 is 0. The van der Waals surface area contributed by atoms with Gasteiger partial charge in [-0.05, 0) is 54.8 Å². The maximum absolute atomic E-state index is 12.0. The lowest BCUT2D eigenvalue weighted by Crippen LogP contribution is -2.20. The van der Waals surface area contributed by atoms with Gasteiger partial charge in [0.15, 0.2) is 6.61 Å². The van der Waals surface area contributed by atoms with Gasteiger partial charge in [-0.15, -0.1) is 0 Å². The van der Waals surface area contributed by atoms with Gasteiger partial charge in [-0.25, -0.2) is 0 Å². The molecule has 0 saturated heterocycles. The van der Waals surface area contributed by atoms with Gasteiger partial charge in [0.1, 0.15) is 5.75 Å². The normalized spacial score (nSPS) is 10.3. The van der Waals surface area contributed by atoms with Crippen LogP contribution in [0.1, 0.15) is 11.1 Å². The second-order valence-corrected chi connectivity index (χ2v) is 6.10. The summed E-state index contributed by atoms with van der Waals surface area (Å²) < 4.78 is 5.57. The van der Waals surface area contributed by atoms with Crippen LogP contribution in [0.15, 0.2) is 72.8 Å². The Labute approximate surface area is 148 Å². The summed E-state index contributed by atoms with van der Waals surface area (Å²) in [5.41, 5.74) is 5.41. The van der Waals surface area contributed by atoms with Crippen molar-refractivity contribution < 1.29 is 9.53 Å². The predicted molar refractivity (Wildman–Crippen MR) is 102 cm³/mol. The number of carbonyl (C=O) groups excluding carboxylic acids is 1. The van der Waals surface area contributed by atoms with Crippen LogP contribution in [0.5, 0.6) is 5.75 Å². The lowest BCUT2D eigenvalue weighted by atomic mass is 10.0. The number of ether oxygens (including phenoxy) is 1. The second kappa shape index (κ2) is 7.67. The molecule has 25 heavy (non-hydrogen) atoms. The first-order valence-electron chi connectivity index (χ1n) is 8.26. The number of carbonyl (C=O) groups is 1. The van der Waals surface area contributed by atoms with Crippen molar-refractivity contribution in [3.63, 3.8) is 0 Å². The average Bonchev–Trinajstić information content (AvgIpc) is 2.61. The van der Waals surface area contributed by atoms with Gasteiger partial charge in [0.25, 0.3) is 5.91 Å². The highest BCUT2D eigenvalue weighted by atomic mass is 16.5. The van der Waals surface area contributed by atoms with E-state index in [9.17, 15) is 4.79 Å². The van der Waals surface area contributed by atoms with Gasteiger partial charge in [-0.3, -0.25) is 4.79 Å². The number of aryl methyl sites for hydroxylation is 2. The van der Waals surface area contributed by atoms with Crippen LogP contribution in [0.4, 0.5) is 5.69 Å². The minimum absolute atomic E-state index is 0.0161. The van der Waals surface area contributed by atoms with E-state index in [-0.39, 0.29) is 12.5 Å². The van der Waals surface area contributed by atoms with Crippen molar-refractivity contribution in [1.82, 2.24) is 0 Å². The summed E-state index contributed by atoms with van der Waals surface area (Å²) in [6.45, 7) is 4.04. The maximum Gasteiger partial charge on any atom is 0.262 e. The smallest absolute Gasteiger partial charge is 0.262 e. The minimum Gasteiger partial charge on any atom is -0.484 e. The number of nitrogens with one attached hydrogen (secondary N) is 1. The van der Waals surface area contributed by atoms with Gasteiger partial charge in [0.05, 0.1) is 0 Å². The van der Waals surface area contributed by atoms with Crippen LogP contribution < -0.4 is 10.1 Å². The van der Waals surface area contributed by atoms with Crippen molar-refractivity contribution in [3.8, 4) is 16.9 Å². The van der Waals surface area contributed by atoms with E-state index in [1.807, 2.05) is 55.5 Å². The summed E-state index contributed by atoms with van der Waals surface area (Å²) in [6.07, 6.45) is 0. The molecule has 0 saturated carbocycles. The fourth-order valence-electron chi connectivity index (χ4n) is 2.56. The van der Waals surface area contributed by atoms with Crippen molar-refractivity contribution in [2.75, 3.05) is 11.9 Å². The number of rotatable bonds is 5. The molecule has 1 amide bonds. The van der Waals surface area contributed by atoms with Gasteiger partial charge in [-0.1, -0.05) is 54.1 Å². The summed E-state index contributed by atoms with van der Waals surface area (Å²) in [5.74, 6) is 0.503. The van der Waals surface area contributed by atoms with Gasteiger partial charge in [-0.2, -0.15) is 0 Å². The summed E-state index contributed by atoms with van der Waals surface area (Å²) in [6, 6.07) is 23.8. The van der Waals surface area contributed by atoms with E-state index >= 15 is 0 Å². The fourth-order valence-corrected chi connectivity index (χ4v) is 2.56. The van der Waals surface area contributed by atoms with Crippen LogP contribution in [0.25, 0.3) is 11.1 Å². The molecule has 0 atom stereocenters. The minimum atomic E-state index is -0.173. The molecule has 0 fully saturated rings. The average molecular weight is 331 g/mol. The number of amides is 1. The van der Waals surface area contributed by atoms with Gasteiger partial charge in [0.2, 0.25) is 0 Å². The Morgan fingerprint density at radius 3 is 2.12 bits per heavy atom. The van der Waals surface area contributed by atoms with E-state index in [0.29, 0.717) is 5.75 Å². The quantitative estimate of drug-likeness (QED) is 0.715. The van der Waals surface area contributed by atoms with Crippen molar-refractivity contribution in [2.24, 2.45) is 0 Å². The molecule has 0 aliphatic heterocycles. The van der Waals surface area contributed by atoms with E-state index in [4.69, 9.17) is 4.74 Å². The largest absolute Gasteiger partial charge is 0.484 e. The zero-order valence-corrected chi connectivity index (χ0v) is 14.5. The van der Waals surface area contributed by atoms with Crippen LogP contribution in [-0.4, -0.2) is 12.5 Å². The topological polar surface area (TPSA) is 38.3 Å². The monoisotopic (exact) mass is 331 g/mol. The number of hydrogen-bond donors (Lipinski definition) is 1. The summed E-state index contributed by atoms with van der Waals surface area (Å²) in [5, 5.41) is 2.83. The molecule has 1 N–H and O–H groups in total. The number of anilines is 1. The lowest BCUT2D eigenvalue weighted by Gasteiger charge is -2.09. The highest BCUT2D eigenvalue weighted by molar-refractivity contribution is 5.91. The molecule has 126 valence electrons. The molecular formula is C22H21NO2. The molecule has 3 rings (SSSR count). The molecule has 0 radical (unpaired) electrons. The maximum atomic E-state index is 12.0. The molecule has 0 bridgehead atoms. The fraction of sp³-hybridized carbons (Fsp3) is 0.136. The first kappa shape index (κ1) is 16.8. The Kier molecular flexibility index (Phi) is 5.14. The third-order valence-electron chi connectivity index (χ3n) is 3.91. The van der Waals surface area contributed by atoms with Crippen LogP contribution in [0.3, 0.4) is 0 Å². The van der Waals surface area contributed by atoms with E-state index in [1.165, 1.54) is 5.56 Å². The molecule has 3 heteroatoms. The molecule has 0 aromatic heterocycles. The molecular weight excluding hydrogens is 310 g/mol. The first-order valence-corrected chi connectivity index (χ1v) is 8.26. The van der Waals surface area contributed by atoms with Crippen LogP contribution in [0, 0.1) is 13.8 Å². The van der Waals surface area contributed by atoms with E-state index < -0.39 is 0 Å². The Balaban J connectivity index is 1.56. The summed E-state index contributed by atoms with van der Waals surface area (Å²) in [7, 11) is 0. The summed E-state index contributed by atoms with van der Waals surface area (Å²) in [4.78, 5) is 12.0. The third-order valence-corrected chi connectivity index (χ3v) is 3.91. The molecule has 0 aliphatic rings. The number of hydrogen-bond acceptors (Lipinski definition) is 2. The van der Waals surface area contributed by atoms with Gasteiger partial charge >= 0.3 is 0 Å². The zero-order chi connectivity index (χ0) is 17.6. The van der Waals surface area contributed by atoms with Gasteiger partial charge < -0.3 is 10.1 Å². The Bertz CT molecular complexity index is 852. The van der Waals surface area contributed by atoms with Gasteiger partial charge in [0, 0.05) is 5.69 Å². The van der Waals surface area contributed by atoms with Crippen molar-refractivity contribution >= 4 is 11.6 Å². The number of benzene rings is 3. The third kappa shape index (κ3) is 4.70. The highest BCUT2D eigenvalue weighted by Gasteiger charge is 2.04. The van der Waals surface area contributed by atoms with Crippen molar-refractivity contribution in [2.45, 2.75) is 13.8 Å². The van der Waals surface area contributed by atoms with E-state index in [1.54, 1.807) is 0 Å². The molecule has 0 unspecified atom stereocenters. The zero-order valence-electron chi connectivity index (χ0n) is 14.5. The highest BCUT2D eigenvalue weighted by Crippen LogP contribution is 2.22. The Morgan fingerprint density at radius 2 is 1.48 bits per heavy atom. The van der Waals surface area contributed by atoms with E-state index in [2.05, 4.69) is 36.5 Å². The van der Waals surface area contributed by atoms with E-state index in [0.717, 1.165) is 22.4 Å². The van der Waals surface area contributed by atoms with Crippen LogP contribution >= 0.6 is 0 Å². The van der Waals surface area contributed by atoms with Crippen molar-refractivity contribution in [3.05, 3.63) is 83.9 Å². The Morgan fingerprint density at radius 1 is 0.840 bits per heavy atom. The second-order valence-electron chi connectivity index (χ2n) is 6.10. The predicted octanol–water partition coefficient (Wildman–Crippen LogP) is 4.99. The molecule has 0 heterocycles.